The van der Waals surface area contributed by atoms with Gasteiger partial charge in [-0.05, 0) is 74.9 Å². The molecule has 0 aliphatic heterocycles. The molecule has 3 aromatic carbocycles. The summed E-state index contributed by atoms with van der Waals surface area (Å²) in [4.78, 5) is 42.8. The number of amides is 1. The van der Waals surface area contributed by atoms with E-state index in [1.165, 1.54) is 17.3 Å². The van der Waals surface area contributed by atoms with E-state index in [0.29, 0.717) is 16.8 Å². The highest BCUT2D eigenvalue weighted by Gasteiger charge is 2.27. The number of likely N-dealkylation sites (N-methyl/N-ethyl adjacent to an activating group) is 1. The van der Waals surface area contributed by atoms with Gasteiger partial charge >= 0.3 is 18.2 Å². The molecule has 42 heavy (non-hydrogen) atoms. The number of carboxylic acid groups (broad SMARTS) is 1. The van der Waals surface area contributed by atoms with Crippen LogP contribution in [0.1, 0.15) is 48.4 Å². The second-order valence-corrected chi connectivity index (χ2v) is 10.4. The molecule has 1 atom stereocenters. The number of rotatable bonds is 8. The highest BCUT2D eigenvalue weighted by molar-refractivity contribution is 5.91. The van der Waals surface area contributed by atoms with Gasteiger partial charge in [0.1, 0.15) is 17.2 Å². The van der Waals surface area contributed by atoms with Crippen LogP contribution in [0.4, 0.5) is 21.0 Å². The second-order valence-electron chi connectivity index (χ2n) is 10.4. The van der Waals surface area contributed by atoms with Crippen molar-refractivity contribution in [2.45, 2.75) is 32.3 Å². The predicted octanol–water partition coefficient (Wildman–Crippen LogP) is 7.04. The molecule has 0 aliphatic carbocycles. The fraction of sp³-hybridized carbons (Fsp3) is 0.226. The molecular formula is C31H31N5O6. The minimum Gasteiger partial charge on any atom is -0.464 e. The lowest BCUT2D eigenvalue weighted by Crippen LogP contribution is -2.37. The van der Waals surface area contributed by atoms with Crippen LogP contribution in [0.25, 0.3) is 0 Å². The molecule has 4 rings (SSSR count). The molecule has 0 saturated carbocycles. The monoisotopic (exact) mass is 569 g/mol. The molecule has 1 heterocycles. The fourth-order valence-electron chi connectivity index (χ4n) is 3.97. The first-order chi connectivity index (χ1) is 20.0. The Balaban J connectivity index is 1.48. The summed E-state index contributed by atoms with van der Waals surface area (Å²) in [5.74, 6) is -0.655. The zero-order valence-corrected chi connectivity index (χ0v) is 23.7. The van der Waals surface area contributed by atoms with Gasteiger partial charge in [-0.15, -0.1) is 0 Å². The van der Waals surface area contributed by atoms with E-state index in [4.69, 9.17) is 9.47 Å². The summed E-state index contributed by atoms with van der Waals surface area (Å²) in [6.45, 7) is 5.38. The van der Waals surface area contributed by atoms with Crippen molar-refractivity contribution in [3.05, 3.63) is 108 Å². The van der Waals surface area contributed by atoms with E-state index < -0.39 is 29.7 Å². The number of esters is 1. The van der Waals surface area contributed by atoms with Gasteiger partial charge in [-0.25, -0.2) is 23.9 Å². The Kier molecular flexibility index (Phi) is 9.11. The topological polar surface area (TPSA) is 136 Å². The lowest BCUT2D eigenvalue weighted by atomic mass is 9.97. The molecule has 11 heteroatoms. The van der Waals surface area contributed by atoms with Crippen LogP contribution in [0.2, 0.25) is 0 Å². The van der Waals surface area contributed by atoms with Gasteiger partial charge in [0.05, 0.1) is 22.9 Å². The number of ether oxygens (including phenoxy) is 2. The number of imidazole rings is 1. The summed E-state index contributed by atoms with van der Waals surface area (Å²) in [6, 6.07) is 22.4. The molecular weight excluding hydrogens is 538 g/mol. The van der Waals surface area contributed by atoms with Crippen molar-refractivity contribution in [1.29, 1.82) is 0 Å². The van der Waals surface area contributed by atoms with E-state index in [1.54, 1.807) is 76.3 Å². The Labute approximate surface area is 243 Å². The van der Waals surface area contributed by atoms with Crippen LogP contribution in [-0.4, -0.2) is 56.9 Å². The third-order valence-corrected chi connectivity index (χ3v) is 5.98. The van der Waals surface area contributed by atoms with E-state index in [0.717, 1.165) is 10.3 Å². The number of azo groups is 1. The maximum absolute atomic E-state index is 12.8. The van der Waals surface area contributed by atoms with Gasteiger partial charge in [-0.3, -0.25) is 0 Å². The molecule has 1 amide bonds. The van der Waals surface area contributed by atoms with Gasteiger partial charge in [0.15, 0.2) is 0 Å². The first kappa shape index (κ1) is 29.7. The van der Waals surface area contributed by atoms with Gasteiger partial charge < -0.3 is 19.5 Å². The van der Waals surface area contributed by atoms with E-state index in [2.05, 4.69) is 15.2 Å². The van der Waals surface area contributed by atoms with Gasteiger partial charge in [-0.2, -0.15) is 10.2 Å². The minimum atomic E-state index is -1.20. The number of nitrogens with zero attached hydrogens (tertiary/aromatic N) is 5. The van der Waals surface area contributed by atoms with Crippen LogP contribution in [-0.2, 0) is 4.74 Å². The highest BCUT2D eigenvalue weighted by Crippen LogP contribution is 2.28. The molecule has 1 N–H and O–H groups in total. The average molecular weight is 570 g/mol. The molecule has 1 aromatic heterocycles. The van der Waals surface area contributed by atoms with Crippen LogP contribution in [0, 0.1) is 0 Å². The smallest absolute Gasteiger partial charge is 0.417 e. The van der Waals surface area contributed by atoms with Crippen molar-refractivity contribution in [2.75, 3.05) is 13.6 Å². The minimum absolute atomic E-state index is 0.0896. The molecule has 11 nitrogen and oxygen atoms in total. The summed E-state index contributed by atoms with van der Waals surface area (Å²) in [5.41, 5.74) is 1.60. The largest absolute Gasteiger partial charge is 0.464 e. The summed E-state index contributed by atoms with van der Waals surface area (Å²) < 4.78 is 12.0. The SMILES string of the molecule is CN(CC(c1ccc(OC(=O)c2ccc(N=Nc3ccccc3)cc2)cc1)c1nccn1C(=O)O)C(=O)OC(C)(C)C. The quantitative estimate of drug-likeness (QED) is 0.136. The molecule has 0 radical (unpaired) electrons. The Hall–Kier alpha value is -5.32. The third-order valence-electron chi connectivity index (χ3n) is 5.98. The van der Waals surface area contributed by atoms with Gasteiger partial charge in [0.25, 0.3) is 0 Å². The Bertz CT molecular complexity index is 1560. The molecule has 1 unspecified atom stereocenters. The van der Waals surface area contributed by atoms with Crippen LogP contribution in [0.15, 0.2) is 101 Å². The highest BCUT2D eigenvalue weighted by atomic mass is 16.6. The van der Waals surface area contributed by atoms with Gasteiger partial charge in [-0.1, -0.05) is 30.3 Å². The molecule has 0 saturated heterocycles. The van der Waals surface area contributed by atoms with Crippen LogP contribution >= 0.6 is 0 Å². The maximum atomic E-state index is 12.8. The normalized spacial score (nSPS) is 12.1. The van der Waals surface area contributed by atoms with Crippen molar-refractivity contribution in [3.8, 4) is 5.75 Å². The number of benzene rings is 3. The van der Waals surface area contributed by atoms with Gasteiger partial charge in [0.2, 0.25) is 0 Å². The summed E-state index contributed by atoms with van der Waals surface area (Å²) in [5, 5.41) is 18.0. The van der Waals surface area contributed by atoms with Crippen LogP contribution in [0.5, 0.6) is 5.75 Å². The van der Waals surface area contributed by atoms with Crippen LogP contribution < -0.4 is 4.74 Å². The standard InChI is InChI=1S/C31H31N5O6/c1-31(2,3)42-30(40)35(4)20-26(27-32-18-19-36(27)29(38)39)21-12-16-25(17-13-21)41-28(37)22-10-14-24(15-11-22)34-33-23-8-6-5-7-9-23/h5-19,26H,20H2,1-4H3,(H,38,39). The van der Waals surface area contributed by atoms with E-state index in [9.17, 15) is 19.5 Å². The molecule has 216 valence electrons. The van der Waals surface area contributed by atoms with Gasteiger partial charge in [0, 0.05) is 26.0 Å². The van der Waals surface area contributed by atoms with E-state index in [1.807, 2.05) is 30.3 Å². The lowest BCUT2D eigenvalue weighted by molar-refractivity contribution is 0.0292. The number of hydrogen-bond donors (Lipinski definition) is 1. The predicted molar refractivity (Wildman–Crippen MR) is 155 cm³/mol. The number of aromatic nitrogens is 2. The van der Waals surface area contributed by atoms with Crippen LogP contribution in [0.3, 0.4) is 0 Å². The molecule has 0 fully saturated rings. The van der Waals surface area contributed by atoms with Crippen molar-refractivity contribution in [1.82, 2.24) is 14.5 Å². The zero-order valence-electron chi connectivity index (χ0n) is 23.7. The molecule has 0 aliphatic rings. The number of hydrogen-bond acceptors (Lipinski definition) is 8. The summed E-state index contributed by atoms with van der Waals surface area (Å²) >= 11 is 0. The van der Waals surface area contributed by atoms with E-state index >= 15 is 0 Å². The Morgan fingerprint density at radius 2 is 1.55 bits per heavy atom. The summed E-state index contributed by atoms with van der Waals surface area (Å²) in [7, 11) is 1.57. The van der Waals surface area contributed by atoms with E-state index in [-0.39, 0.29) is 18.1 Å². The first-order valence-electron chi connectivity index (χ1n) is 13.1. The van der Waals surface area contributed by atoms with Crippen molar-refractivity contribution < 1.29 is 29.0 Å². The second kappa shape index (κ2) is 12.9. The zero-order chi connectivity index (χ0) is 30.3. The number of carbonyl (C=O) groups excluding carboxylic acids is 2. The molecule has 0 bridgehead atoms. The molecule has 4 aromatic rings. The average Bonchev–Trinajstić information content (AvgIpc) is 3.45. The first-order valence-corrected chi connectivity index (χ1v) is 13.1. The maximum Gasteiger partial charge on any atom is 0.417 e. The Morgan fingerprint density at radius 3 is 2.14 bits per heavy atom. The number of carbonyl (C=O) groups is 3. The fourth-order valence-corrected chi connectivity index (χ4v) is 3.97. The van der Waals surface area contributed by atoms with Crippen molar-refractivity contribution in [3.63, 3.8) is 0 Å². The summed E-state index contributed by atoms with van der Waals surface area (Å²) in [6.07, 6.45) is 0.960. The van der Waals surface area contributed by atoms with Crippen molar-refractivity contribution in [2.24, 2.45) is 10.2 Å². The van der Waals surface area contributed by atoms with Crippen molar-refractivity contribution >= 4 is 29.5 Å². The third kappa shape index (κ3) is 7.87. The Morgan fingerprint density at radius 1 is 0.929 bits per heavy atom. The molecule has 0 spiro atoms. The lowest BCUT2D eigenvalue weighted by Gasteiger charge is -2.27.